The fraction of sp³-hybridized carbons (Fsp3) is 0.333. The average Bonchev–Trinajstić information content (AvgIpc) is 2.45. The van der Waals surface area contributed by atoms with Crippen LogP contribution in [0, 0.1) is 10.5 Å². The summed E-state index contributed by atoms with van der Waals surface area (Å²) in [6.07, 6.45) is 2.98. The third-order valence-corrected chi connectivity index (χ3v) is 4.47. The summed E-state index contributed by atoms with van der Waals surface area (Å²) in [4.78, 5) is 10.3. The summed E-state index contributed by atoms with van der Waals surface area (Å²) in [6, 6.07) is 8.51. The third-order valence-electron chi connectivity index (χ3n) is 2.69. The molecule has 0 amide bonds. The Morgan fingerprint density at radius 2 is 2.20 bits per heavy atom. The van der Waals surface area contributed by atoms with Crippen molar-refractivity contribution in [1.82, 2.24) is 9.97 Å². The van der Waals surface area contributed by atoms with Crippen LogP contribution in [0.5, 0.6) is 0 Å². The highest BCUT2D eigenvalue weighted by molar-refractivity contribution is 14.1. The Labute approximate surface area is 138 Å². The van der Waals surface area contributed by atoms with Gasteiger partial charge in [0.2, 0.25) is 0 Å². The second kappa shape index (κ2) is 7.83. The molecule has 1 aromatic heterocycles. The number of hydrogen-bond acceptors (Lipinski definition) is 4. The van der Waals surface area contributed by atoms with Crippen LogP contribution in [0.4, 0.5) is 5.82 Å². The van der Waals surface area contributed by atoms with Gasteiger partial charge in [-0.2, -0.15) is 0 Å². The number of aromatic nitrogens is 2. The van der Waals surface area contributed by atoms with Gasteiger partial charge in [0.05, 0.1) is 9.32 Å². The largest absolute Gasteiger partial charge is 0.369 e. The predicted octanol–water partition coefficient (Wildman–Crippen LogP) is 4.50. The fourth-order valence-electron chi connectivity index (χ4n) is 1.69. The van der Waals surface area contributed by atoms with E-state index in [9.17, 15) is 0 Å². The highest BCUT2D eigenvalue weighted by Crippen LogP contribution is 2.23. The molecule has 20 heavy (non-hydrogen) atoms. The molecule has 0 spiro atoms. The zero-order valence-corrected chi connectivity index (χ0v) is 14.7. The maximum absolute atomic E-state index is 4.60. The Balaban J connectivity index is 2.02. The highest BCUT2D eigenvalue weighted by atomic mass is 127. The van der Waals surface area contributed by atoms with E-state index in [1.807, 2.05) is 6.20 Å². The topological polar surface area (TPSA) is 37.8 Å². The summed E-state index contributed by atoms with van der Waals surface area (Å²) >= 11 is 4.04. The van der Waals surface area contributed by atoms with Gasteiger partial charge in [-0.05, 0) is 48.1 Å². The molecule has 0 saturated heterocycles. The van der Waals surface area contributed by atoms with E-state index in [-0.39, 0.29) is 0 Å². The number of hydrogen-bond donors (Lipinski definition) is 1. The van der Waals surface area contributed by atoms with E-state index in [4.69, 9.17) is 0 Å². The van der Waals surface area contributed by atoms with Gasteiger partial charge < -0.3 is 5.32 Å². The van der Waals surface area contributed by atoms with Crippen LogP contribution < -0.4 is 5.32 Å². The molecule has 0 fully saturated rings. The Morgan fingerprint density at radius 1 is 1.35 bits per heavy atom. The van der Waals surface area contributed by atoms with Crippen molar-refractivity contribution in [2.24, 2.45) is 0 Å². The van der Waals surface area contributed by atoms with Gasteiger partial charge >= 0.3 is 0 Å². The number of thioether (sulfide) groups is 1. The van der Waals surface area contributed by atoms with Crippen LogP contribution in [0.3, 0.4) is 0 Å². The number of anilines is 1. The number of halogens is 1. The first kappa shape index (κ1) is 15.6. The van der Waals surface area contributed by atoms with E-state index < -0.39 is 0 Å². The molecule has 5 heteroatoms. The lowest BCUT2D eigenvalue weighted by Crippen LogP contribution is -2.06. The SMILES string of the molecule is CCCNc1nc(CSc2cccc(C)c2)ncc1I. The van der Waals surface area contributed by atoms with Gasteiger partial charge in [0.15, 0.2) is 0 Å². The van der Waals surface area contributed by atoms with Gasteiger partial charge in [-0.3, -0.25) is 0 Å². The molecule has 0 aliphatic rings. The molecule has 1 aromatic carbocycles. The summed E-state index contributed by atoms with van der Waals surface area (Å²) in [7, 11) is 0. The monoisotopic (exact) mass is 399 g/mol. The van der Waals surface area contributed by atoms with Crippen molar-refractivity contribution in [3.05, 3.63) is 45.4 Å². The second-order valence-corrected chi connectivity index (χ2v) is 6.73. The molecule has 0 aliphatic carbocycles. The first-order valence-corrected chi connectivity index (χ1v) is 8.70. The molecule has 0 aliphatic heterocycles. The van der Waals surface area contributed by atoms with Gasteiger partial charge in [0, 0.05) is 17.6 Å². The molecule has 0 saturated carbocycles. The molecular formula is C15H18IN3S. The van der Waals surface area contributed by atoms with E-state index in [0.29, 0.717) is 0 Å². The Morgan fingerprint density at radius 3 is 2.95 bits per heavy atom. The van der Waals surface area contributed by atoms with E-state index in [2.05, 4.69) is 76.0 Å². The number of nitrogens with zero attached hydrogens (tertiary/aromatic N) is 2. The summed E-state index contributed by atoms with van der Waals surface area (Å²) < 4.78 is 1.07. The smallest absolute Gasteiger partial charge is 0.143 e. The van der Waals surface area contributed by atoms with Crippen molar-refractivity contribution in [2.75, 3.05) is 11.9 Å². The van der Waals surface area contributed by atoms with Crippen LogP contribution in [0.25, 0.3) is 0 Å². The van der Waals surface area contributed by atoms with Crippen molar-refractivity contribution >= 4 is 40.2 Å². The maximum Gasteiger partial charge on any atom is 0.143 e. The molecule has 2 rings (SSSR count). The molecule has 2 aromatic rings. The van der Waals surface area contributed by atoms with Crippen molar-refractivity contribution in [3.8, 4) is 0 Å². The van der Waals surface area contributed by atoms with Crippen molar-refractivity contribution in [3.63, 3.8) is 0 Å². The second-order valence-electron chi connectivity index (χ2n) is 4.51. The molecule has 3 nitrogen and oxygen atoms in total. The maximum atomic E-state index is 4.60. The van der Waals surface area contributed by atoms with Crippen LogP contribution in [0.15, 0.2) is 35.4 Å². The average molecular weight is 399 g/mol. The summed E-state index contributed by atoms with van der Waals surface area (Å²) in [5.41, 5.74) is 1.28. The normalized spacial score (nSPS) is 10.6. The number of benzene rings is 1. The summed E-state index contributed by atoms with van der Waals surface area (Å²) in [5, 5.41) is 3.34. The zero-order chi connectivity index (χ0) is 14.4. The van der Waals surface area contributed by atoms with Crippen LogP contribution >= 0.6 is 34.4 Å². The van der Waals surface area contributed by atoms with Crippen molar-refractivity contribution in [2.45, 2.75) is 30.9 Å². The molecule has 1 N–H and O–H groups in total. The van der Waals surface area contributed by atoms with E-state index in [0.717, 1.165) is 33.9 Å². The molecular weight excluding hydrogens is 381 g/mol. The molecule has 0 radical (unpaired) electrons. The predicted molar refractivity (Wildman–Crippen MR) is 94.3 cm³/mol. The molecule has 0 bridgehead atoms. The van der Waals surface area contributed by atoms with E-state index in [1.54, 1.807) is 11.8 Å². The molecule has 1 heterocycles. The van der Waals surface area contributed by atoms with Gasteiger partial charge in [0.25, 0.3) is 0 Å². The number of nitrogens with one attached hydrogen (secondary N) is 1. The Bertz CT molecular complexity index is 575. The fourth-order valence-corrected chi connectivity index (χ4v) is 3.02. The van der Waals surface area contributed by atoms with Crippen LogP contribution in [0.2, 0.25) is 0 Å². The van der Waals surface area contributed by atoms with Crippen LogP contribution in [-0.4, -0.2) is 16.5 Å². The zero-order valence-electron chi connectivity index (χ0n) is 11.7. The van der Waals surface area contributed by atoms with Crippen molar-refractivity contribution < 1.29 is 0 Å². The first-order chi connectivity index (χ1) is 9.69. The Kier molecular flexibility index (Phi) is 6.09. The summed E-state index contributed by atoms with van der Waals surface area (Å²) in [5.74, 6) is 2.61. The minimum absolute atomic E-state index is 0.793. The standard InChI is InChI=1S/C15H18IN3S/c1-3-7-17-15-13(16)9-18-14(19-15)10-20-12-6-4-5-11(2)8-12/h4-6,8-9H,3,7,10H2,1-2H3,(H,17,18,19). The quantitative estimate of drug-likeness (QED) is 0.573. The van der Waals surface area contributed by atoms with Gasteiger partial charge in [-0.25, -0.2) is 9.97 Å². The summed E-state index contributed by atoms with van der Waals surface area (Å²) in [6.45, 7) is 5.20. The van der Waals surface area contributed by atoms with Gasteiger partial charge in [-0.15, -0.1) is 11.8 Å². The van der Waals surface area contributed by atoms with E-state index in [1.165, 1.54) is 10.5 Å². The van der Waals surface area contributed by atoms with E-state index >= 15 is 0 Å². The van der Waals surface area contributed by atoms with Crippen LogP contribution in [-0.2, 0) is 5.75 Å². The molecule has 0 unspecified atom stereocenters. The lowest BCUT2D eigenvalue weighted by atomic mass is 10.2. The van der Waals surface area contributed by atoms with Crippen LogP contribution in [0.1, 0.15) is 24.7 Å². The van der Waals surface area contributed by atoms with Crippen molar-refractivity contribution in [1.29, 1.82) is 0 Å². The van der Waals surface area contributed by atoms with Gasteiger partial charge in [0.1, 0.15) is 11.6 Å². The first-order valence-electron chi connectivity index (χ1n) is 6.64. The Hall–Kier alpha value is -0.820. The lowest BCUT2D eigenvalue weighted by Gasteiger charge is -2.08. The van der Waals surface area contributed by atoms with Gasteiger partial charge in [-0.1, -0.05) is 24.6 Å². The third kappa shape index (κ3) is 4.63. The number of aryl methyl sites for hydroxylation is 1. The lowest BCUT2D eigenvalue weighted by molar-refractivity contribution is 0.946. The molecule has 0 atom stereocenters. The minimum atomic E-state index is 0.793. The number of rotatable bonds is 6. The molecule has 106 valence electrons. The highest BCUT2D eigenvalue weighted by Gasteiger charge is 2.05. The minimum Gasteiger partial charge on any atom is -0.369 e.